The summed E-state index contributed by atoms with van der Waals surface area (Å²) in [6.07, 6.45) is 3.59. The number of rotatable bonds is 3. The van der Waals surface area contributed by atoms with Gasteiger partial charge in [-0.15, -0.1) is 0 Å². The summed E-state index contributed by atoms with van der Waals surface area (Å²) in [5, 5.41) is 2.93. The first kappa shape index (κ1) is 13.0. The van der Waals surface area contributed by atoms with Crippen LogP contribution in [0.25, 0.3) is 0 Å². The number of hydrogen-bond acceptors (Lipinski definition) is 4. The summed E-state index contributed by atoms with van der Waals surface area (Å²) in [4.78, 5) is 18.2. The van der Waals surface area contributed by atoms with Gasteiger partial charge >= 0.3 is 0 Å². The quantitative estimate of drug-likeness (QED) is 0.788. The molecule has 3 N–H and O–H groups in total. The summed E-state index contributed by atoms with van der Waals surface area (Å²) in [5.74, 6) is 0.466. The van der Waals surface area contributed by atoms with Gasteiger partial charge < -0.3 is 11.1 Å². The molecule has 2 atom stereocenters. The molecule has 1 aliphatic rings. The lowest BCUT2D eigenvalue weighted by atomic mass is 10.1. The number of nitrogens with one attached hydrogen (secondary N) is 1. The number of nitrogens with zero attached hydrogens (tertiary/aromatic N) is 2. The van der Waals surface area contributed by atoms with Crippen molar-refractivity contribution in [3.05, 3.63) is 30.1 Å². The van der Waals surface area contributed by atoms with Crippen LogP contribution in [-0.2, 0) is 11.3 Å². The van der Waals surface area contributed by atoms with Gasteiger partial charge in [-0.05, 0) is 17.5 Å². The highest BCUT2D eigenvalue weighted by molar-refractivity contribution is 5.82. The van der Waals surface area contributed by atoms with Crippen molar-refractivity contribution >= 4 is 5.91 Å². The van der Waals surface area contributed by atoms with Crippen LogP contribution in [0.2, 0.25) is 0 Å². The Bertz CT molecular complexity index is 395. The summed E-state index contributed by atoms with van der Waals surface area (Å²) in [5.41, 5.74) is 6.84. The molecule has 5 heteroatoms. The number of nitrogens with two attached hydrogens (primary N) is 1. The first-order chi connectivity index (χ1) is 8.70. The molecule has 5 nitrogen and oxygen atoms in total. The van der Waals surface area contributed by atoms with Crippen LogP contribution in [0.4, 0.5) is 0 Å². The van der Waals surface area contributed by atoms with Gasteiger partial charge in [-0.2, -0.15) is 0 Å². The number of carbonyl (C=O) groups is 1. The molecule has 18 heavy (non-hydrogen) atoms. The average molecular weight is 248 g/mol. The van der Waals surface area contributed by atoms with Crippen LogP contribution < -0.4 is 11.1 Å². The molecular weight excluding hydrogens is 228 g/mol. The predicted octanol–water partition coefficient (Wildman–Crippen LogP) is -0.0232. The van der Waals surface area contributed by atoms with E-state index >= 15 is 0 Å². The maximum absolute atomic E-state index is 11.9. The molecule has 0 aromatic carbocycles. The molecule has 0 radical (unpaired) electrons. The zero-order chi connectivity index (χ0) is 13.0. The maximum atomic E-state index is 11.9. The second kappa shape index (κ2) is 5.93. The number of carbonyl (C=O) groups excluding carboxylic acids is 1. The first-order valence-corrected chi connectivity index (χ1v) is 6.31. The third kappa shape index (κ3) is 3.05. The van der Waals surface area contributed by atoms with Crippen molar-refractivity contribution < 1.29 is 4.79 Å². The molecule has 1 aromatic rings. The number of amides is 1. The smallest absolute Gasteiger partial charge is 0.238 e. The molecule has 0 spiro atoms. The highest BCUT2D eigenvalue weighted by Gasteiger charge is 2.29. The monoisotopic (exact) mass is 248 g/mol. The summed E-state index contributed by atoms with van der Waals surface area (Å²) in [6.45, 7) is 4.79. The fraction of sp³-hybridized carbons (Fsp3) is 0.538. The van der Waals surface area contributed by atoms with Crippen LogP contribution in [-0.4, -0.2) is 41.5 Å². The van der Waals surface area contributed by atoms with Gasteiger partial charge in [-0.3, -0.25) is 14.7 Å². The Morgan fingerprint density at radius 1 is 1.61 bits per heavy atom. The van der Waals surface area contributed by atoms with Crippen LogP contribution in [0, 0.1) is 5.92 Å². The van der Waals surface area contributed by atoms with Gasteiger partial charge in [0, 0.05) is 38.6 Å². The van der Waals surface area contributed by atoms with Crippen molar-refractivity contribution in [2.75, 3.05) is 19.6 Å². The third-order valence-corrected chi connectivity index (χ3v) is 3.25. The average Bonchev–Trinajstić information content (AvgIpc) is 2.50. The molecule has 2 heterocycles. The minimum Gasteiger partial charge on any atom is -0.354 e. The van der Waals surface area contributed by atoms with E-state index in [0.29, 0.717) is 19.0 Å². The van der Waals surface area contributed by atoms with Crippen LogP contribution in [0.15, 0.2) is 24.5 Å². The third-order valence-electron chi connectivity index (χ3n) is 3.25. The fourth-order valence-corrected chi connectivity index (χ4v) is 2.31. The predicted molar refractivity (Wildman–Crippen MR) is 69.7 cm³/mol. The molecule has 1 saturated heterocycles. The van der Waals surface area contributed by atoms with Gasteiger partial charge in [-0.1, -0.05) is 13.0 Å². The second-order valence-corrected chi connectivity index (χ2v) is 4.89. The van der Waals surface area contributed by atoms with Crippen LogP contribution in [0.1, 0.15) is 12.5 Å². The molecule has 1 amide bonds. The zero-order valence-electron chi connectivity index (χ0n) is 10.7. The van der Waals surface area contributed by atoms with Crippen molar-refractivity contribution in [2.24, 2.45) is 11.7 Å². The van der Waals surface area contributed by atoms with E-state index in [1.165, 1.54) is 0 Å². The van der Waals surface area contributed by atoms with Gasteiger partial charge in [-0.25, -0.2) is 0 Å². The SMILES string of the molecule is CC1CNC(=O)C(CN)N(Cc2cccnc2)C1. The van der Waals surface area contributed by atoms with Gasteiger partial charge in [0.15, 0.2) is 0 Å². The Kier molecular flexibility index (Phi) is 4.28. The number of aromatic nitrogens is 1. The highest BCUT2D eigenvalue weighted by atomic mass is 16.2. The molecule has 0 saturated carbocycles. The minimum absolute atomic E-state index is 0.0331. The molecule has 98 valence electrons. The van der Waals surface area contributed by atoms with Crippen molar-refractivity contribution in [1.29, 1.82) is 0 Å². The lowest BCUT2D eigenvalue weighted by Gasteiger charge is -2.28. The molecule has 0 aliphatic carbocycles. The number of hydrogen-bond donors (Lipinski definition) is 2. The Morgan fingerprint density at radius 3 is 3.11 bits per heavy atom. The van der Waals surface area contributed by atoms with Gasteiger partial charge in [0.25, 0.3) is 0 Å². The standard InChI is InChI=1S/C13H20N4O/c1-10-6-16-13(18)12(5-14)17(8-10)9-11-3-2-4-15-7-11/h2-4,7,10,12H,5-6,8-9,14H2,1H3,(H,16,18). The van der Waals surface area contributed by atoms with Crippen LogP contribution in [0.5, 0.6) is 0 Å². The molecule has 2 rings (SSSR count). The summed E-state index contributed by atoms with van der Waals surface area (Å²) >= 11 is 0. The van der Waals surface area contributed by atoms with Crippen LogP contribution in [0.3, 0.4) is 0 Å². The summed E-state index contributed by atoms with van der Waals surface area (Å²) < 4.78 is 0. The lowest BCUT2D eigenvalue weighted by molar-refractivity contribution is -0.125. The Balaban J connectivity index is 2.13. The van der Waals surface area contributed by atoms with Crippen molar-refractivity contribution in [3.8, 4) is 0 Å². The van der Waals surface area contributed by atoms with Gasteiger partial charge in [0.2, 0.25) is 5.91 Å². The molecule has 1 aromatic heterocycles. The highest BCUT2D eigenvalue weighted by Crippen LogP contribution is 2.13. The van der Waals surface area contributed by atoms with E-state index in [1.54, 1.807) is 6.20 Å². The Hall–Kier alpha value is -1.46. The Labute approximate surface area is 107 Å². The normalized spacial score (nSPS) is 25.6. The van der Waals surface area contributed by atoms with Crippen molar-refractivity contribution in [3.63, 3.8) is 0 Å². The van der Waals surface area contributed by atoms with Gasteiger partial charge in [0.05, 0.1) is 0 Å². The van der Waals surface area contributed by atoms with E-state index in [-0.39, 0.29) is 11.9 Å². The van der Waals surface area contributed by atoms with E-state index in [0.717, 1.165) is 18.7 Å². The zero-order valence-corrected chi connectivity index (χ0v) is 10.7. The van der Waals surface area contributed by atoms with Gasteiger partial charge in [0.1, 0.15) is 6.04 Å². The topological polar surface area (TPSA) is 71.2 Å². The van der Waals surface area contributed by atoms with Crippen molar-refractivity contribution in [1.82, 2.24) is 15.2 Å². The van der Waals surface area contributed by atoms with E-state index in [1.807, 2.05) is 18.3 Å². The lowest BCUT2D eigenvalue weighted by Crippen LogP contribution is -2.48. The maximum Gasteiger partial charge on any atom is 0.238 e. The Morgan fingerprint density at radius 2 is 2.44 bits per heavy atom. The summed E-state index contributed by atoms with van der Waals surface area (Å²) in [6, 6.07) is 3.69. The molecular formula is C13H20N4O. The van der Waals surface area contributed by atoms with E-state index in [4.69, 9.17) is 5.73 Å². The van der Waals surface area contributed by atoms with E-state index in [2.05, 4.69) is 22.1 Å². The molecule has 0 bridgehead atoms. The molecule has 2 unspecified atom stereocenters. The molecule has 1 aliphatic heterocycles. The van der Waals surface area contributed by atoms with Crippen molar-refractivity contribution in [2.45, 2.75) is 19.5 Å². The minimum atomic E-state index is -0.241. The fourth-order valence-electron chi connectivity index (χ4n) is 2.31. The second-order valence-electron chi connectivity index (χ2n) is 4.89. The number of pyridine rings is 1. The van der Waals surface area contributed by atoms with E-state index in [9.17, 15) is 4.79 Å². The summed E-state index contributed by atoms with van der Waals surface area (Å²) in [7, 11) is 0. The van der Waals surface area contributed by atoms with Crippen LogP contribution >= 0.6 is 0 Å². The largest absolute Gasteiger partial charge is 0.354 e. The molecule has 1 fully saturated rings. The van der Waals surface area contributed by atoms with E-state index < -0.39 is 0 Å². The first-order valence-electron chi connectivity index (χ1n) is 6.31.